The molecular weight excluding hydrogens is 282 g/mol. The Balaban J connectivity index is 1.55. The van der Waals surface area contributed by atoms with Crippen LogP contribution in [0.15, 0.2) is 40.8 Å². The summed E-state index contributed by atoms with van der Waals surface area (Å²) in [6.07, 6.45) is 0. The molecule has 0 aliphatic carbocycles. The summed E-state index contributed by atoms with van der Waals surface area (Å²) in [5.41, 5.74) is 2.51. The van der Waals surface area contributed by atoms with E-state index in [0.717, 1.165) is 26.2 Å². The summed E-state index contributed by atoms with van der Waals surface area (Å²) in [6, 6.07) is 11.7. The van der Waals surface area contributed by atoms with E-state index in [9.17, 15) is 10.1 Å². The maximum atomic E-state index is 10.6. The highest BCUT2D eigenvalue weighted by atomic mass is 16.6. The van der Waals surface area contributed by atoms with Crippen molar-refractivity contribution in [1.29, 1.82) is 0 Å². The zero-order valence-corrected chi connectivity index (χ0v) is 12.6. The topological polar surface area (TPSA) is 62.8 Å². The lowest BCUT2D eigenvalue weighted by atomic mass is 10.2. The van der Waals surface area contributed by atoms with E-state index in [2.05, 4.69) is 41.0 Å². The molecule has 2 heterocycles. The Morgan fingerprint density at radius 3 is 2.36 bits per heavy atom. The molecule has 0 N–H and O–H groups in total. The number of nitrogens with zero attached hydrogens (tertiary/aromatic N) is 3. The average Bonchev–Trinajstić information content (AvgIpc) is 2.98. The minimum Gasteiger partial charge on any atom is -0.404 e. The maximum Gasteiger partial charge on any atom is 0.433 e. The molecule has 1 fully saturated rings. The van der Waals surface area contributed by atoms with Gasteiger partial charge in [0, 0.05) is 31.9 Å². The highest BCUT2D eigenvalue weighted by Crippen LogP contribution is 2.20. The summed E-state index contributed by atoms with van der Waals surface area (Å²) in [4.78, 5) is 14.7. The zero-order chi connectivity index (χ0) is 15.5. The predicted octanol–water partition coefficient (Wildman–Crippen LogP) is 2.82. The molecule has 2 aromatic rings. The van der Waals surface area contributed by atoms with Gasteiger partial charge >= 0.3 is 5.88 Å². The summed E-state index contributed by atoms with van der Waals surface area (Å²) in [5, 5.41) is 10.6. The van der Waals surface area contributed by atoms with Crippen LogP contribution in [-0.4, -0.2) is 36.0 Å². The number of nitro groups is 1. The van der Waals surface area contributed by atoms with Crippen molar-refractivity contribution in [3.05, 3.63) is 57.8 Å². The van der Waals surface area contributed by atoms with Gasteiger partial charge in [-0.25, -0.2) is 0 Å². The number of piperazine rings is 1. The molecule has 0 saturated carbocycles. The number of hydrogen-bond acceptors (Lipinski definition) is 5. The van der Waals surface area contributed by atoms with Crippen molar-refractivity contribution in [2.75, 3.05) is 31.1 Å². The van der Waals surface area contributed by atoms with Crippen LogP contribution in [0.1, 0.15) is 11.3 Å². The van der Waals surface area contributed by atoms with Crippen molar-refractivity contribution in [3.8, 4) is 0 Å². The SMILES string of the molecule is Cc1ccc(N2CCN(Cc3ccc([N+](=O)[O-])o3)CC2)cc1. The number of benzene rings is 1. The molecule has 6 nitrogen and oxygen atoms in total. The lowest BCUT2D eigenvalue weighted by molar-refractivity contribution is -0.402. The van der Waals surface area contributed by atoms with Crippen LogP contribution in [0.25, 0.3) is 0 Å². The summed E-state index contributed by atoms with van der Waals surface area (Å²) in [5.74, 6) is 0.462. The van der Waals surface area contributed by atoms with E-state index in [1.807, 2.05) is 0 Å². The lowest BCUT2D eigenvalue weighted by Gasteiger charge is -2.35. The Kier molecular flexibility index (Phi) is 4.11. The summed E-state index contributed by atoms with van der Waals surface area (Å²) < 4.78 is 5.22. The minimum absolute atomic E-state index is 0.187. The molecule has 6 heteroatoms. The zero-order valence-electron chi connectivity index (χ0n) is 12.6. The molecule has 0 unspecified atom stereocenters. The fraction of sp³-hybridized carbons (Fsp3) is 0.375. The second-order valence-corrected chi connectivity index (χ2v) is 5.60. The van der Waals surface area contributed by atoms with Crippen LogP contribution in [0.4, 0.5) is 11.6 Å². The fourth-order valence-corrected chi connectivity index (χ4v) is 2.69. The van der Waals surface area contributed by atoms with E-state index >= 15 is 0 Å². The van der Waals surface area contributed by atoms with Crippen molar-refractivity contribution in [3.63, 3.8) is 0 Å². The molecular formula is C16H19N3O3. The van der Waals surface area contributed by atoms with Gasteiger partial charge in [-0.15, -0.1) is 0 Å². The van der Waals surface area contributed by atoms with Crippen molar-refractivity contribution < 1.29 is 9.34 Å². The third kappa shape index (κ3) is 3.28. The molecule has 22 heavy (non-hydrogen) atoms. The van der Waals surface area contributed by atoms with E-state index in [1.165, 1.54) is 17.3 Å². The average molecular weight is 301 g/mol. The third-order valence-corrected chi connectivity index (χ3v) is 3.98. The molecule has 1 aliphatic rings. The van der Waals surface area contributed by atoms with Crippen molar-refractivity contribution in [1.82, 2.24) is 4.90 Å². The van der Waals surface area contributed by atoms with E-state index in [1.54, 1.807) is 6.07 Å². The molecule has 0 amide bonds. The van der Waals surface area contributed by atoms with Crippen LogP contribution in [0.2, 0.25) is 0 Å². The van der Waals surface area contributed by atoms with Crippen LogP contribution in [0.5, 0.6) is 0 Å². The molecule has 116 valence electrons. The first kappa shape index (κ1) is 14.6. The summed E-state index contributed by atoms with van der Waals surface area (Å²) >= 11 is 0. The van der Waals surface area contributed by atoms with E-state index < -0.39 is 4.92 Å². The molecule has 1 aromatic heterocycles. The van der Waals surface area contributed by atoms with Gasteiger partial charge in [-0.1, -0.05) is 17.7 Å². The van der Waals surface area contributed by atoms with Gasteiger partial charge in [-0.3, -0.25) is 15.0 Å². The molecule has 0 spiro atoms. The fourth-order valence-electron chi connectivity index (χ4n) is 2.69. The Morgan fingerprint density at radius 1 is 1.09 bits per heavy atom. The van der Waals surface area contributed by atoms with Gasteiger partial charge in [0.15, 0.2) is 0 Å². The van der Waals surface area contributed by atoms with Gasteiger partial charge in [-0.2, -0.15) is 0 Å². The molecule has 1 saturated heterocycles. The third-order valence-electron chi connectivity index (χ3n) is 3.98. The van der Waals surface area contributed by atoms with Crippen LogP contribution >= 0.6 is 0 Å². The molecule has 0 bridgehead atoms. The van der Waals surface area contributed by atoms with Crippen molar-refractivity contribution >= 4 is 11.6 Å². The number of aryl methyl sites for hydroxylation is 1. The van der Waals surface area contributed by atoms with Crippen molar-refractivity contribution in [2.45, 2.75) is 13.5 Å². The summed E-state index contributed by atoms with van der Waals surface area (Å²) in [7, 11) is 0. The quantitative estimate of drug-likeness (QED) is 0.642. The van der Waals surface area contributed by atoms with Gasteiger partial charge in [0.25, 0.3) is 0 Å². The summed E-state index contributed by atoms with van der Waals surface area (Å²) in [6.45, 7) is 6.45. The van der Waals surface area contributed by atoms with Crippen LogP contribution in [-0.2, 0) is 6.54 Å². The first-order valence-corrected chi connectivity index (χ1v) is 7.39. The molecule has 0 atom stereocenters. The molecule has 3 rings (SSSR count). The van der Waals surface area contributed by atoms with Gasteiger partial charge in [0.05, 0.1) is 12.6 Å². The highest BCUT2D eigenvalue weighted by molar-refractivity contribution is 5.47. The second kappa shape index (κ2) is 6.19. The number of rotatable bonds is 4. The van der Waals surface area contributed by atoms with E-state index in [4.69, 9.17) is 4.42 Å². The Hall–Kier alpha value is -2.34. The molecule has 1 aliphatic heterocycles. The Labute approximate surface area is 129 Å². The monoisotopic (exact) mass is 301 g/mol. The van der Waals surface area contributed by atoms with Crippen LogP contribution in [0, 0.1) is 17.0 Å². The van der Waals surface area contributed by atoms with Gasteiger partial charge < -0.3 is 9.32 Å². The van der Waals surface area contributed by atoms with E-state index in [-0.39, 0.29) is 5.88 Å². The maximum absolute atomic E-state index is 10.6. The highest BCUT2D eigenvalue weighted by Gasteiger charge is 2.19. The standard InChI is InChI=1S/C16H19N3O3/c1-13-2-4-14(5-3-13)18-10-8-17(9-11-18)12-15-6-7-16(22-15)19(20)21/h2-7H,8-12H2,1H3. The van der Waals surface area contributed by atoms with Crippen LogP contribution < -0.4 is 4.90 Å². The predicted molar refractivity (Wildman–Crippen MR) is 84.0 cm³/mol. The largest absolute Gasteiger partial charge is 0.433 e. The van der Waals surface area contributed by atoms with Gasteiger partial charge in [-0.05, 0) is 25.1 Å². The first-order valence-electron chi connectivity index (χ1n) is 7.39. The smallest absolute Gasteiger partial charge is 0.404 e. The number of furan rings is 1. The second-order valence-electron chi connectivity index (χ2n) is 5.60. The first-order chi connectivity index (χ1) is 10.6. The lowest BCUT2D eigenvalue weighted by Crippen LogP contribution is -2.45. The van der Waals surface area contributed by atoms with Gasteiger partial charge in [0.1, 0.15) is 10.7 Å². The van der Waals surface area contributed by atoms with Crippen LogP contribution in [0.3, 0.4) is 0 Å². The number of anilines is 1. The molecule has 0 radical (unpaired) electrons. The number of hydrogen-bond donors (Lipinski definition) is 0. The van der Waals surface area contributed by atoms with Gasteiger partial charge in [0.2, 0.25) is 0 Å². The molecule has 1 aromatic carbocycles. The van der Waals surface area contributed by atoms with E-state index in [0.29, 0.717) is 12.3 Å². The minimum atomic E-state index is -0.501. The normalized spacial score (nSPS) is 16.0. The Bertz CT molecular complexity index is 643. The Morgan fingerprint density at radius 2 is 1.77 bits per heavy atom. The van der Waals surface area contributed by atoms with Crippen molar-refractivity contribution in [2.24, 2.45) is 0 Å².